The first kappa shape index (κ1) is 40.6. The minimum Gasteiger partial charge on any atom is -0.497 e. The summed E-state index contributed by atoms with van der Waals surface area (Å²) >= 11 is 0. The quantitative estimate of drug-likeness (QED) is 0.0852. The number of aryl methyl sites for hydroxylation is 5. The van der Waals surface area contributed by atoms with Crippen LogP contribution in [0.1, 0.15) is 55.6 Å². The van der Waals surface area contributed by atoms with Crippen molar-refractivity contribution in [2.24, 2.45) is 0 Å². The van der Waals surface area contributed by atoms with Crippen molar-refractivity contribution in [3.8, 4) is 11.5 Å². The lowest BCUT2D eigenvalue weighted by atomic mass is 10.0. The predicted octanol–water partition coefficient (Wildman–Crippen LogP) is 5.56. The molecule has 17 heteroatoms. The number of nitrogens with zero attached hydrogens (tertiary/aromatic N) is 7. The van der Waals surface area contributed by atoms with Gasteiger partial charge in [0.2, 0.25) is 11.9 Å². The standard InChI is InChI=1S/C41H43F2N11O4/c1-5-54-24-32(23-51-54)53-41-49-20-26(21-50-41)7-9-28-15-33(57-3)17-34(36(28)42)39(56)45-13-12-30-10-11-31(22-46-30)52-40-47-18-25(19-48-40)6-8-27-14-29(38(55)44-2)16-35(58-4)37(27)43/h10-11,14-24H,5-9,12-13H2,1-4H3,(H,44,55)(H,45,56)(H,47,48,52)(H,49,50,53). The Morgan fingerprint density at radius 3 is 1.93 bits per heavy atom. The van der Waals surface area contributed by atoms with Crippen LogP contribution in [-0.2, 0) is 38.6 Å². The number of aromatic nitrogens is 7. The maximum Gasteiger partial charge on any atom is 0.254 e. The summed E-state index contributed by atoms with van der Waals surface area (Å²) in [7, 11) is 4.33. The SMILES string of the molecule is CCn1cc(Nc2ncc(CCc3cc(OC)cc(C(=O)NCCc4ccc(Nc5ncc(CCc6cc(C(=O)NC)cc(OC)c6F)cn5)cn4)c3F)cn2)cn1. The van der Waals surface area contributed by atoms with Crippen molar-refractivity contribution in [1.29, 1.82) is 0 Å². The van der Waals surface area contributed by atoms with E-state index < -0.39 is 17.5 Å². The Bertz CT molecular complexity index is 2340. The van der Waals surface area contributed by atoms with Crippen LogP contribution >= 0.6 is 0 Å². The molecule has 6 rings (SSSR count). The van der Waals surface area contributed by atoms with Crippen molar-refractivity contribution in [2.75, 3.05) is 38.4 Å². The van der Waals surface area contributed by atoms with Crippen molar-refractivity contribution in [3.05, 3.63) is 130 Å². The van der Waals surface area contributed by atoms with Crippen LogP contribution in [0.5, 0.6) is 11.5 Å². The summed E-state index contributed by atoms with van der Waals surface area (Å²) in [6.07, 6.45) is 13.7. The van der Waals surface area contributed by atoms with Crippen LogP contribution in [0.3, 0.4) is 0 Å². The van der Waals surface area contributed by atoms with Gasteiger partial charge in [-0.25, -0.2) is 28.7 Å². The van der Waals surface area contributed by atoms with Gasteiger partial charge in [-0.2, -0.15) is 5.10 Å². The van der Waals surface area contributed by atoms with Crippen LogP contribution in [0.4, 0.5) is 32.1 Å². The molecule has 2 aromatic carbocycles. The second kappa shape index (κ2) is 19.2. The van der Waals surface area contributed by atoms with Gasteiger partial charge in [0.05, 0.1) is 43.6 Å². The van der Waals surface area contributed by atoms with Gasteiger partial charge in [-0.1, -0.05) is 0 Å². The maximum atomic E-state index is 15.6. The average Bonchev–Trinajstić information content (AvgIpc) is 3.71. The highest BCUT2D eigenvalue weighted by molar-refractivity contribution is 5.95. The Kier molecular flexibility index (Phi) is 13.5. The molecule has 0 saturated carbocycles. The Hall–Kier alpha value is -7.04. The molecule has 4 heterocycles. The fourth-order valence-electron chi connectivity index (χ4n) is 5.94. The van der Waals surface area contributed by atoms with Crippen molar-refractivity contribution >= 4 is 35.1 Å². The van der Waals surface area contributed by atoms with Crippen molar-refractivity contribution in [2.45, 2.75) is 45.6 Å². The average molecular weight is 792 g/mol. The molecule has 0 bridgehead atoms. The molecule has 0 saturated heterocycles. The molecule has 0 aliphatic carbocycles. The first-order valence-corrected chi connectivity index (χ1v) is 18.5. The highest BCUT2D eigenvalue weighted by Crippen LogP contribution is 2.26. The van der Waals surface area contributed by atoms with Crippen LogP contribution in [0.15, 0.2) is 79.8 Å². The van der Waals surface area contributed by atoms with E-state index in [1.165, 1.54) is 39.5 Å². The molecule has 0 aliphatic rings. The van der Waals surface area contributed by atoms with E-state index in [4.69, 9.17) is 9.47 Å². The Morgan fingerprint density at radius 1 is 0.707 bits per heavy atom. The fourth-order valence-corrected chi connectivity index (χ4v) is 5.94. The normalized spacial score (nSPS) is 10.9. The zero-order valence-electron chi connectivity index (χ0n) is 32.5. The number of ether oxygens (including phenoxy) is 2. The third-order valence-corrected chi connectivity index (χ3v) is 9.16. The predicted molar refractivity (Wildman–Crippen MR) is 213 cm³/mol. The molecular weight excluding hydrogens is 749 g/mol. The summed E-state index contributed by atoms with van der Waals surface area (Å²) in [4.78, 5) is 47.1. The highest BCUT2D eigenvalue weighted by atomic mass is 19.1. The van der Waals surface area contributed by atoms with Gasteiger partial charge in [-0.3, -0.25) is 19.3 Å². The molecule has 0 spiro atoms. The number of benzene rings is 2. The number of methoxy groups -OCH3 is 2. The molecule has 300 valence electrons. The topological polar surface area (TPSA) is 183 Å². The van der Waals surface area contributed by atoms with Gasteiger partial charge in [0, 0.05) is 68.8 Å². The largest absolute Gasteiger partial charge is 0.497 e. The maximum absolute atomic E-state index is 15.6. The fraction of sp³-hybridized carbons (Fsp3) is 0.268. The molecule has 2 amide bonds. The van der Waals surface area contributed by atoms with E-state index in [1.807, 2.05) is 19.2 Å². The van der Waals surface area contributed by atoms with Crippen LogP contribution < -0.4 is 30.7 Å². The zero-order chi connectivity index (χ0) is 41.0. The highest BCUT2D eigenvalue weighted by Gasteiger charge is 2.19. The second-order valence-electron chi connectivity index (χ2n) is 13.1. The van der Waals surface area contributed by atoms with Gasteiger partial charge in [0.25, 0.3) is 11.8 Å². The minimum absolute atomic E-state index is 0.00189. The second-order valence-corrected chi connectivity index (χ2v) is 13.1. The molecule has 0 radical (unpaired) electrons. The van der Waals surface area contributed by atoms with Crippen LogP contribution in [-0.4, -0.2) is 74.3 Å². The van der Waals surface area contributed by atoms with Crippen molar-refractivity contribution in [3.63, 3.8) is 0 Å². The number of anilines is 4. The molecule has 0 aliphatic heterocycles. The van der Waals surface area contributed by atoms with E-state index in [0.29, 0.717) is 77.8 Å². The molecule has 58 heavy (non-hydrogen) atoms. The molecule has 0 unspecified atom stereocenters. The summed E-state index contributed by atoms with van der Waals surface area (Å²) in [5, 5.41) is 15.7. The summed E-state index contributed by atoms with van der Waals surface area (Å²) in [5.74, 6) is -0.894. The van der Waals surface area contributed by atoms with Gasteiger partial charge in [0.15, 0.2) is 11.6 Å². The number of halogens is 2. The molecule has 4 aromatic heterocycles. The molecular formula is C41H43F2N11O4. The van der Waals surface area contributed by atoms with Gasteiger partial charge in [-0.05, 0) is 91.3 Å². The molecule has 4 N–H and O–H groups in total. The number of amides is 2. The third kappa shape index (κ3) is 10.4. The number of carbonyl (C=O) groups excluding carboxylic acids is 2. The molecule has 6 aromatic rings. The van der Waals surface area contributed by atoms with Gasteiger partial charge < -0.3 is 30.7 Å². The smallest absolute Gasteiger partial charge is 0.254 e. The molecule has 15 nitrogen and oxygen atoms in total. The first-order chi connectivity index (χ1) is 28.2. The molecule has 0 fully saturated rings. The van der Waals surface area contributed by atoms with E-state index in [2.05, 4.69) is 51.3 Å². The lowest BCUT2D eigenvalue weighted by Gasteiger charge is -2.12. The summed E-state index contributed by atoms with van der Waals surface area (Å²) in [6, 6.07) is 9.46. The van der Waals surface area contributed by atoms with Crippen molar-refractivity contribution < 1.29 is 27.8 Å². The monoisotopic (exact) mass is 791 g/mol. The summed E-state index contributed by atoms with van der Waals surface area (Å²) in [5.41, 5.74) is 4.58. The number of carbonyl (C=O) groups is 2. The number of rotatable bonds is 18. The van der Waals surface area contributed by atoms with Crippen LogP contribution in [0.25, 0.3) is 0 Å². The Labute approximate surface area is 333 Å². The number of nitrogens with one attached hydrogen (secondary N) is 4. The molecule has 0 atom stereocenters. The van der Waals surface area contributed by atoms with Gasteiger partial charge in [0.1, 0.15) is 11.6 Å². The van der Waals surface area contributed by atoms with E-state index in [-0.39, 0.29) is 23.8 Å². The van der Waals surface area contributed by atoms with Gasteiger partial charge in [-0.15, -0.1) is 0 Å². The van der Waals surface area contributed by atoms with E-state index in [1.54, 1.807) is 54.0 Å². The van der Waals surface area contributed by atoms with Crippen LogP contribution in [0, 0.1) is 11.6 Å². The number of hydrogen-bond donors (Lipinski definition) is 4. The van der Waals surface area contributed by atoms with E-state index in [9.17, 15) is 14.0 Å². The van der Waals surface area contributed by atoms with E-state index >= 15 is 4.39 Å². The lowest BCUT2D eigenvalue weighted by Crippen LogP contribution is -2.27. The van der Waals surface area contributed by atoms with Crippen LogP contribution in [0.2, 0.25) is 0 Å². The minimum atomic E-state index is -0.614. The number of pyridine rings is 1. The zero-order valence-corrected chi connectivity index (χ0v) is 32.5. The Morgan fingerprint density at radius 2 is 1.36 bits per heavy atom. The summed E-state index contributed by atoms with van der Waals surface area (Å²) in [6.45, 7) is 2.97. The number of hydrogen-bond acceptors (Lipinski definition) is 12. The third-order valence-electron chi connectivity index (χ3n) is 9.16. The summed E-state index contributed by atoms with van der Waals surface area (Å²) < 4.78 is 42.8. The Balaban J connectivity index is 0.975. The lowest BCUT2D eigenvalue weighted by molar-refractivity contribution is 0.0945. The van der Waals surface area contributed by atoms with Gasteiger partial charge >= 0.3 is 0 Å². The van der Waals surface area contributed by atoms with Crippen molar-refractivity contribution in [1.82, 2.24) is 45.3 Å². The first-order valence-electron chi connectivity index (χ1n) is 18.5. The van der Waals surface area contributed by atoms with E-state index in [0.717, 1.165) is 23.4 Å².